The number of piperidine rings is 1. The summed E-state index contributed by atoms with van der Waals surface area (Å²) >= 11 is 12.6. The van der Waals surface area contributed by atoms with Crippen molar-refractivity contribution in [2.24, 2.45) is 11.3 Å². The van der Waals surface area contributed by atoms with E-state index < -0.39 is 11.6 Å². The van der Waals surface area contributed by atoms with Gasteiger partial charge in [-0.2, -0.15) is 0 Å². The largest absolute Gasteiger partial charge is 0.415 e. The fraction of sp³-hybridized carbons (Fsp3) is 0.500. The Morgan fingerprint density at radius 1 is 1.03 bits per heavy atom. The topological polar surface area (TPSA) is 79.0 Å². The second kappa shape index (κ2) is 10.8. The molecule has 2 amide bonds. The number of hydrogen-bond donors (Lipinski definition) is 1. The first-order valence-corrected chi connectivity index (χ1v) is 14.3. The predicted molar refractivity (Wildman–Crippen MR) is 151 cm³/mol. The van der Waals surface area contributed by atoms with Gasteiger partial charge in [-0.1, -0.05) is 53.9 Å². The van der Waals surface area contributed by atoms with E-state index >= 15 is 0 Å². The highest BCUT2D eigenvalue weighted by atomic mass is 35.5. The fourth-order valence-corrected chi connectivity index (χ4v) is 6.32. The van der Waals surface area contributed by atoms with Crippen LogP contribution in [0, 0.1) is 18.3 Å². The molecule has 0 unspecified atom stereocenters. The first-order valence-electron chi connectivity index (χ1n) is 13.6. The van der Waals surface area contributed by atoms with Crippen molar-refractivity contribution in [3.8, 4) is 5.75 Å². The van der Waals surface area contributed by atoms with Gasteiger partial charge in [0.1, 0.15) is 11.3 Å². The molecule has 208 valence electrons. The van der Waals surface area contributed by atoms with Crippen molar-refractivity contribution < 1.29 is 19.1 Å². The number of likely N-dealkylation sites (N-methyl/N-ethyl adjacent to an activating group) is 1. The van der Waals surface area contributed by atoms with Crippen LogP contribution in [0.3, 0.4) is 0 Å². The summed E-state index contributed by atoms with van der Waals surface area (Å²) in [7, 11) is 1.64. The van der Waals surface area contributed by atoms with E-state index in [4.69, 9.17) is 27.9 Å². The number of rotatable bonds is 6. The van der Waals surface area contributed by atoms with E-state index in [1.165, 1.54) is 4.90 Å². The number of carbonyl (C=O) groups is 3. The summed E-state index contributed by atoms with van der Waals surface area (Å²) in [6.07, 6.45) is 2.39. The highest BCUT2D eigenvalue weighted by Gasteiger charge is 2.57. The number of nitrogens with zero attached hydrogens (tertiary/aromatic N) is 2. The van der Waals surface area contributed by atoms with Gasteiger partial charge >= 0.3 is 6.09 Å². The molecule has 39 heavy (non-hydrogen) atoms. The van der Waals surface area contributed by atoms with Crippen LogP contribution in [0.1, 0.15) is 49.7 Å². The standard InChI is InChI=1S/C30H35Cl2N3O4/c1-19-4-7-22(8-5-19)39-28(38)34(3)30(18-33-17-23(30)21-6-9-24(31)25(32)16-21)26(36)20-10-14-35(15-11-20)27(37)29(2)12-13-29/h4-9,16,20,23,33H,10-15,17-18H2,1-3H3/t23-,30+/m1/s1. The molecule has 1 aliphatic carbocycles. The maximum absolute atomic E-state index is 14.5. The number of benzene rings is 2. The lowest BCUT2D eigenvalue weighted by Crippen LogP contribution is -2.62. The molecule has 7 nitrogen and oxygen atoms in total. The van der Waals surface area contributed by atoms with Crippen LogP contribution in [0.15, 0.2) is 42.5 Å². The number of ketones is 1. The van der Waals surface area contributed by atoms with Crippen LogP contribution in [-0.2, 0) is 9.59 Å². The Bertz CT molecular complexity index is 1270. The Balaban J connectivity index is 1.43. The molecule has 5 rings (SSSR count). The number of amides is 2. The van der Waals surface area contributed by atoms with Crippen molar-refractivity contribution in [1.82, 2.24) is 15.1 Å². The second-order valence-corrected chi connectivity index (χ2v) is 12.3. The van der Waals surface area contributed by atoms with Crippen LogP contribution >= 0.6 is 23.2 Å². The van der Waals surface area contributed by atoms with Crippen molar-refractivity contribution in [3.63, 3.8) is 0 Å². The first kappa shape index (κ1) is 27.9. The minimum atomic E-state index is -1.20. The molecule has 0 radical (unpaired) electrons. The first-order chi connectivity index (χ1) is 18.5. The molecule has 9 heteroatoms. The van der Waals surface area contributed by atoms with Gasteiger partial charge in [0.25, 0.3) is 0 Å². The molecular formula is C30H35Cl2N3O4. The number of halogens is 2. The van der Waals surface area contributed by atoms with E-state index in [-0.39, 0.29) is 35.5 Å². The van der Waals surface area contributed by atoms with Crippen molar-refractivity contribution >= 4 is 41.0 Å². The van der Waals surface area contributed by atoms with Gasteiger partial charge in [-0.15, -0.1) is 0 Å². The van der Waals surface area contributed by atoms with Crippen molar-refractivity contribution in [2.75, 3.05) is 33.2 Å². The van der Waals surface area contributed by atoms with E-state index in [0.717, 1.165) is 24.0 Å². The van der Waals surface area contributed by atoms with E-state index in [0.29, 0.717) is 48.3 Å². The minimum Gasteiger partial charge on any atom is -0.410 e. The smallest absolute Gasteiger partial charge is 0.410 e. The van der Waals surface area contributed by atoms with Crippen molar-refractivity contribution in [2.45, 2.75) is 51.0 Å². The van der Waals surface area contributed by atoms with Gasteiger partial charge in [-0.05, 0) is 62.4 Å². The minimum absolute atomic E-state index is 0.0170. The quantitative estimate of drug-likeness (QED) is 0.497. The summed E-state index contributed by atoms with van der Waals surface area (Å²) in [4.78, 5) is 44.4. The monoisotopic (exact) mass is 571 g/mol. The summed E-state index contributed by atoms with van der Waals surface area (Å²) in [6, 6.07) is 12.6. The van der Waals surface area contributed by atoms with Gasteiger partial charge in [0, 0.05) is 50.5 Å². The Kier molecular flexibility index (Phi) is 7.70. The van der Waals surface area contributed by atoms with E-state index in [1.54, 1.807) is 31.3 Å². The van der Waals surface area contributed by atoms with E-state index in [1.807, 2.05) is 36.9 Å². The molecule has 2 atom stereocenters. The average molecular weight is 573 g/mol. The number of hydrogen-bond acceptors (Lipinski definition) is 5. The van der Waals surface area contributed by atoms with Gasteiger partial charge in [-0.3, -0.25) is 14.5 Å². The molecule has 0 spiro atoms. The van der Waals surface area contributed by atoms with Crippen molar-refractivity contribution in [3.05, 3.63) is 63.6 Å². The van der Waals surface area contributed by atoms with Gasteiger partial charge in [0.05, 0.1) is 10.0 Å². The highest BCUT2D eigenvalue weighted by molar-refractivity contribution is 6.42. The number of ether oxygens (including phenoxy) is 1. The third kappa shape index (κ3) is 5.29. The second-order valence-electron chi connectivity index (χ2n) is 11.5. The number of Topliss-reactive ketones (excluding diaryl/α,β-unsaturated/α-hetero) is 1. The predicted octanol–water partition coefficient (Wildman–Crippen LogP) is 5.47. The molecule has 2 saturated heterocycles. The number of nitrogens with one attached hydrogen (secondary N) is 1. The molecule has 2 aliphatic heterocycles. The lowest BCUT2D eigenvalue weighted by Gasteiger charge is -2.44. The van der Waals surface area contributed by atoms with Gasteiger partial charge in [0.15, 0.2) is 5.78 Å². The fourth-order valence-electron chi connectivity index (χ4n) is 6.02. The molecule has 0 bridgehead atoms. The van der Waals surface area contributed by atoms with Crippen molar-refractivity contribution in [1.29, 1.82) is 0 Å². The van der Waals surface area contributed by atoms with Crippen LogP contribution in [0.4, 0.5) is 4.79 Å². The van der Waals surface area contributed by atoms with E-state index in [2.05, 4.69) is 5.32 Å². The summed E-state index contributed by atoms with van der Waals surface area (Å²) in [5, 5.41) is 4.19. The van der Waals surface area contributed by atoms with Crippen LogP contribution in [0.2, 0.25) is 10.0 Å². The molecule has 0 aromatic heterocycles. The maximum Gasteiger partial charge on any atom is 0.415 e. The number of likely N-dealkylation sites (tertiary alicyclic amines) is 1. The lowest BCUT2D eigenvalue weighted by molar-refractivity contribution is -0.142. The van der Waals surface area contributed by atoms with E-state index in [9.17, 15) is 14.4 Å². The van der Waals surface area contributed by atoms with Gasteiger partial charge in [-0.25, -0.2) is 4.79 Å². The normalized spacial score (nSPS) is 24.3. The molecule has 1 saturated carbocycles. The summed E-state index contributed by atoms with van der Waals surface area (Å²) < 4.78 is 5.73. The SMILES string of the molecule is Cc1ccc(OC(=O)N(C)[C@@]2(C(=O)C3CCN(C(=O)C4(C)CC4)CC3)CNC[C@@H]2c2ccc(Cl)c(Cl)c2)cc1. The molecular weight excluding hydrogens is 537 g/mol. The Labute approximate surface area is 239 Å². The van der Waals surface area contributed by atoms with Crippen LogP contribution < -0.4 is 10.1 Å². The lowest BCUT2D eigenvalue weighted by atomic mass is 9.72. The van der Waals surface area contributed by atoms with Crippen LogP contribution in [0.5, 0.6) is 5.75 Å². The number of carbonyl (C=O) groups excluding carboxylic acids is 3. The summed E-state index contributed by atoms with van der Waals surface area (Å²) in [5.74, 6) is -0.0616. The zero-order chi connectivity index (χ0) is 27.9. The summed E-state index contributed by atoms with van der Waals surface area (Å²) in [5.41, 5.74) is 0.451. The Morgan fingerprint density at radius 2 is 1.69 bits per heavy atom. The van der Waals surface area contributed by atoms with Gasteiger partial charge in [0.2, 0.25) is 5.91 Å². The Hall–Kier alpha value is -2.61. The average Bonchev–Trinajstić information content (AvgIpc) is 3.53. The zero-order valence-electron chi connectivity index (χ0n) is 22.6. The maximum atomic E-state index is 14.5. The molecule has 2 aromatic rings. The highest BCUT2D eigenvalue weighted by Crippen LogP contribution is 2.47. The third-order valence-electron chi connectivity index (χ3n) is 8.86. The van der Waals surface area contributed by atoms with Crippen LogP contribution in [-0.4, -0.2) is 66.3 Å². The molecule has 1 N–H and O–H groups in total. The van der Waals surface area contributed by atoms with Gasteiger partial charge < -0.3 is 15.0 Å². The molecule has 2 aromatic carbocycles. The zero-order valence-corrected chi connectivity index (χ0v) is 24.1. The number of aryl methyl sites for hydroxylation is 1. The van der Waals surface area contributed by atoms with Crippen LogP contribution in [0.25, 0.3) is 0 Å². The molecule has 2 heterocycles. The Morgan fingerprint density at radius 3 is 2.31 bits per heavy atom. The summed E-state index contributed by atoms with van der Waals surface area (Å²) in [6.45, 7) is 5.84. The molecule has 3 fully saturated rings. The molecule has 3 aliphatic rings. The third-order valence-corrected chi connectivity index (χ3v) is 9.60.